The average molecular weight is 142 g/mol. The molecule has 0 aliphatic heterocycles. The third-order valence-electron chi connectivity index (χ3n) is 0.862. The molecule has 0 saturated carbocycles. The van der Waals surface area contributed by atoms with Gasteiger partial charge in [-0.25, -0.2) is 4.79 Å². The summed E-state index contributed by atoms with van der Waals surface area (Å²) in [6.07, 6.45) is 2.50. The monoisotopic (exact) mass is 142 g/mol. The van der Waals surface area contributed by atoms with Crippen molar-refractivity contribution in [1.29, 1.82) is 0 Å². The molecule has 1 N–H and O–H groups in total. The van der Waals surface area contributed by atoms with Gasteiger partial charge in [0.25, 0.3) is 0 Å². The van der Waals surface area contributed by atoms with E-state index >= 15 is 0 Å². The summed E-state index contributed by atoms with van der Waals surface area (Å²) in [6.45, 7) is 4.76. The van der Waals surface area contributed by atoms with Crippen LogP contribution in [0.2, 0.25) is 0 Å². The minimum atomic E-state index is -0.534. The van der Waals surface area contributed by atoms with Gasteiger partial charge in [0.1, 0.15) is 12.4 Å². The van der Waals surface area contributed by atoms with Crippen LogP contribution in [0.1, 0.15) is 6.92 Å². The smallest absolute Gasteiger partial charge is 0.330 e. The van der Waals surface area contributed by atoms with Crippen LogP contribution >= 0.6 is 0 Å². The predicted octanol–water partition coefficient (Wildman–Crippen LogP) is 1.18. The number of hydrogen-bond donors (Lipinski definition) is 1. The first-order valence-corrected chi connectivity index (χ1v) is 2.84. The van der Waals surface area contributed by atoms with Crippen molar-refractivity contribution in [3.63, 3.8) is 0 Å². The van der Waals surface area contributed by atoms with Crippen molar-refractivity contribution < 1.29 is 14.6 Å². The zero-order chi connectivity index (χ0) is 7.98. The van der Waals surface area contributed by atoms with Crippen LogP contribution in [0.4, 0.5) is 0 Å². The van der Waals surface area contributed by atoms with Gasteiger partial charge in [-0.05, 0) is 13.0 Å². The maximum Gasteiger partial charge on any atom is 0.330 e. The number of ether oxygens (including phenoxy) is 1. The number of carbonyl (C=O) groups excluding carboxylic acids is 1. The number of rotatable bonds is 3. The van der Waals surface area contributed by atoms with E-state index in [0.717, 1.165) is 6.08 Å². The number of aliphatic hydroxyl groups is 1. The van der Waals surface area contributed by atoms with Crippen molar-refractivity contribution in [3.05, 3.63) is 24.5 Å². The van der Waals surface area contributed by atoms with Crippen LogP contribution in [0.3, 0.4) is 0 Å². The van der Waals surface area contributed by atoms with Crippen LogP contribution in [0.15, 0.2) is 24.5 Å². The van der Waals surface area contributed by atoms with Crippen molar-refractivity contribution in [2.24, 2.45) is 0 Å². The highest BCUT2D eigenvalue weighted by Crippen LogP contribution is 1.89. The van der Waals surface area contributed by atoms with Gasteiger partial charge in [0.05, 0.1) is 0 Å². The molecule has 0 aromatic carbocycles. The lowest BCUT2D eigenvalue weighted by Crippen LogP contribution is -2.03. The van der Waals surface area contributed by atoms with E-state index in [-0.39, 0.29) is 12.4 Å². The number of hydrogen-bond acceptors (Lipinski definition) is 3. The van der Waals surface area contributed by atoms with E-state index in [0.29, 0.717) is 0 Å². The molecule has 0 amide bonds. The maximum atomic E-state index is 10.4. The van der Waals surface area contributed by atoms with Crippen LogP contribution in [0.5, 0.6) is 0 Å². The zero-order valence-electron chi connectivity index (χ0n) is 5.83. The molecular weight excluding hydrogens is 132 g/mol. The molecule has 56 valence electrons. The van der Waals surface area contributed by atoms with Gasteiger partial charge in [-0.15, -0.1) is 0 Å². The minimum Gasteiger partial charge on any atom is -0.509 e. The Hall–Kier alpha value is -1.25. The van der Waals surface area contributed by atoms with Crippen LogP contribution in [0, 0.1) is 0 Å². The minimum absolute atomic E-state index is 0.0372. The van der Waals surface area contributed by atoms with Gasteiger partial charge in [0, 0.05) is 6.08 Å². The Kier molecular flexibility index (Phi) is 4.04. The molecule has 0 heterocycles. The van der Waals surface area contributed by atoms with Gasteiger partial charge < -0.3 is 9.84 Å². The average Bonchev–Trinajstić information content (AvgIpc) is 1.99. The molecule has 0 bridgehead atoms. The van der Waals surface area contributed by atoms with Crippen molar-refractivity contribution in [3.8, 4) is 0 Å². The van der Waals surface area contributed by atoms with Gasteiger partial charge in [0.15, 0.2) is 0 Å². The highest BCUT2D eigenvalue weighted by molar-refractivity contribution is 5.81. The van der Waals surface area contributed by atoms with Crippen molar-refractivity contribution in [1.82, 2.24) is 0 Å². The molecule has 0 aromatic rings. The normalized spacial score (nSPS) is 10.7. The fraction of sp³-hybridized carbons (Fsp3) is 0.286. The number of esters is 1. The van der Waals surface area contributed by atoms with Gasteiger partial charge in [0.2, 0.25) is 0 Å². The van der Waals surface area contributed by atoms with Gasteiger partial charge in [-0.1, -0.05) is 6.58 Å². The Morgan fingerprint density at radius 3 is 2.80 bits per heavy atom. The van der Waals surface area contributed by atoms with Gasteiger partial charge in [-0.3, -0.25) is 0 Å². The molecule has 0 rings (SSSR count). The van der Waals surface area contributed by atoms with Crippen molar-refractivity contribution in [2.75, 3.05) is 6.61 Å². The molecule has 3 heteroatoms. The third kappa shape index (κ3) is 3.72. The van der Waals surface area contributed by atoms with E-state index in [9.17, 15) is 4.79 Å². The summed E-state index contributed by atoms with van der Waals surface area (Å²) in [6, 6.07) is 0. The summed E-state index contributed by atoms with van der Waals surface area (Å²) < 4.78 is 4.47. The van der Waals surface area contributed by atoms with Crippen LogP contribution < -0.4 is 0 Å². The lowest BCUT2D eigenvalue weighted by molar-refractivity contribution is -0.137. The zero-order valence-corrected chi connectivity index (χ0v) is 5.83. The lowest BCUT2D eigenvalue weighted by atomic mass is 10.5. The molecule has 0 fully saturated rings. The quantitative estimate of drug-likeness (QED) is 0.365. The first-order valence-electron chi connectivity index (χ1n) is 2.84. The first-order chi connectivity index (χ1) is 4.70. The standard InChI is InChI=1S/C7H10O3/c1-3-6(8)5-10-7(9)4-2/h3-4,8H,2,5H2,1H3. The summed E-state index contributed by atoms with van der Waals surface area (Å²) in [5, 5.41) is 8.75. The lowest BCUT2D eigenvalue weighted by Gasteiger charge is -1.98. The molecule has 0 spiro atoms. The van der Waals surface area contributed by atoms with E-state index in [2.05, 4.69) is 11.3 Å². The van der Waals surface area contributed by atoms with Crippen molar-refractivity contribution in [2.45, 2.75) is 6.92 Å². The van der Waals surface area contributed by atoms with E-state index in [1.807, 2.05) is 0 Å². The molecule has 0 saturated heterocycles. The molecule has 0 radical (unpaired) electrons. The second-order valence-corrected chi connectivity index (χ2v) is 1.59. The SMILES string of the molecule is C=CC(=O)OCC(O)=CC. The van der Waals surface area contributed by atoms with Gasteiger partial charge >= 0.3 is 5.97 Å². The van der Waals surface area contributed by atoms with Crippen molar-refractivity contribution >= 4 is 5.97 Å². The molecular formula is C7H10O3. The molecule has 0 atom stereocenters. The van der Waals surface area contributed by atoms with Gasteiger partial charge in [-0.2, -0.15) is 0 Å². The summed E-state index contributed by atoms with van der Waals surface area (Å²) in [5.74, 6) is -0.497. The topological polar surface area (TPSA) is 46.5 Å². The largest absolute Gasteiger partial charge is 0.509 e. The van der Waals surface area contributed by atoms with E-state index in [1.165, 1.54) is 6.08 Å². The second-order valence-electron chi connectivity index (χ2n) is 1.59. The Balaban J connectivity index is 3.55. The highest BCUT2D eigenvalue weighted by atomic mass is 16.5. The molecule has 0 aliphatic rings. The molecule has 0 aromatic heterocycles. The fourth-order valence-corrected chi connectivity index (χ4v) is 0.287. The Morgan fingerprint density at radius 1 is 1.80 bits per heavy atom. The summed E-state index contributed by atoms with van der Waals surface area (Å²) in [5.41, 5.74) is 0. The summed E-state index contributed by atoms with van der Waals surface area (Å²) in [4.78, 5) is 10.4. The summed E-state index contributed by atoms with van der Waals surface area (Å²) in [7, 11) is 0. The predicted molar refractivity (Wildman–Crippen MR) is 37.5 cm³/mol. The Bertz CT molecular complexity index is 156. The molecule has 10 heavy (non-hydrogen) atoms. The van der Waals surface area contributed by atoms with Crippen LogP contribution in [-0.4, -0.2) is 17.7 Å². The van der Waals surface area contributed by atoms with Crippen LogP contribution in [0.25, 0.3) is 0 Å². The first kappa shape index (κ1) is 8.75. The molecule has 0 unspecified atom stereocenters. The number of carbonyl (C=O) groups is 1. The Morgan fingerprint density at radius 2 is 2.40 bits per heavy atom. The second kappa shape index (κ2) is 4.61. The third-order valence-corrected chi connectivity index (χ3v) is 0.862. The maximum absolute atomic E-state index is 10.4. The van der Waals surface area contributed by atoms with Crippen LogP contribution in [-0.2, 0) is 9.53 Å². The van der Waals surface area contributed by atoms with E-state index in [4.69, 9.17) is 5.11 Å². The highest BCUT2D eigenvalue weighted by Gasteiger charge is 1.95. The summed E-state index contributed by atoms with van der Waals surface area (Å²) >= 11 is 0. The fourth-order valence-electron chi connectivity index (χ4n) is 0.287. The van der Waals surface area contributed by atoms with E-state index < -0.39 is 5.97 Å². The molecule has 0 aliphatic carbocycles. The van der Waals surface area contributed by atoms with E-state index in [1.54, 1.807) is 6.92 Å². The Labute approximate surface area is 59.6 Å². The number of aliphatic hydroxyl groups excluding tert-OH is 1. The molecule has 3 nitrogen and oxygen atoms in total. The number of allylic oxidation sites excluding steroid dienone is 1.